The second-order valence-corrected chi connectivity index (χ2v) is 6.79. The zero-order chi connectivity index (χ0) is 20.1. The molecule has 1 aromatic carbocycles. The van der Waals surface area contributed by atoms with Crippen molar-refractivity contribution in [3.05, 3.63) is 53.2 Å². The van der Waals surface area contributed by atoms with Gasteiger partial charge in [-0.05, 0) is 31.0 Å². The lowest BCUT2D eigenvalue weighted by Crippen LogP contribution is -2.50. The summed E-state index contributed by atoms with van der Waals surface area (Å²) in [5.41, 5.74) is 1.35. The lowest BCUT2D eigenvalue weighted by molar-refractivity contribution is -0.130. The zero-order valence-electron chi connectivity index (χ0n) is 16.1. The van der Waals surface area contributed by atoms with Crippen LogP contribution in [0, 0.1) is 12.7 Å². The number of hydrogen-bond acceptors (Lipinski definition) is 5. The Morgan fingerprint density at radius 2 is 1.71 bits per heavy atom. The topological polar surface area (TPSA) is 78.4 Å². The maximum atomic E-state index is 13.0. The highest BCUT2D eigenvalue weighted by molar-refractivity contribution is 5.93. The van der Waals surface area contributed by atoms with Crippen molar-refractivity contribution >= 4 is 17.6 Å². The number of rotatable bonds is 5. The first kappa shape index (κ1) is 19.7. The fourth-order valence-corrected chi connectivity index (χ4v) is 3.14. The van der Waals surface area contributed by atoms with Crippen LogP contribution < -0.4 is 5.32 Å². The lowest BCUT2D eigenvalue weighted by atomic mass is 10.1. The molecule has 0 bridgehead atoms. The Hall–Kier alpha value is -3.03. The second-order valence-electron chi connectivity index (χ2n) is 6.79. The van der Waals surface area contributed by atoms with Crippen LogP contribution in [0.2, 0.25) is 0 Å². The molecule has 0 unspecified atom stereocenters. The molecule has 1 fully saturated rings. The van der Waals surface area contributed by atoms with Gasteiger partial charge in [0.1, 0.15) is 23.2 Å². The van der Waals surface area contributed by atoms with Gasteiger partial charge in [0, 0.05) is 45.7 Å². The van der Waals surface area contributed by atoms with Gasteiger partial charge in [0.05, 0.1) is 0 Å². The summed E-state index contributed by atoms with van der Waals surface area (Å²) in [6.07, 6.45) is 0.708. The summed E-state index contributed by atoms with van der Waals surface area (Å²) >= 11 is 0. The van der Waals surface area contributed by atoms with Crippen LogP contribution in [-0.2, 0) is 11.2 Å². The highest BCUT2D eigenvalue weighted by Gasteiger charge is 2.24. The molecule has 1 aromatic heterocycles. The SMILES string of the molecule is CC(=O)N1CCN(C(=O)c2cc(NCCc3ccc(F)cc3)nc(C)n2)CC1. The van der Waals surface area contributed by atoms with Gasteiger partial charge in [-0.2, -0.15) is 0 Å². The van der Waals surface area contributed by atoms with E-state index in [0.29, 0.717) is 56.5 Å². The summed E-state index contributed by atoms with van der Waals surface area (Å²) in [6.45, 7) is 5.95. The summed E-state index contributed by atoms with van der Waals surface area (Å²) < 4.78 is 13.0. The number of carbonyl (C=O) groups is 2. The van der Waals surface area contributed by atoms with Crippen LogP contribution in [0.25, 0.3) is 0 Å². The Balaban J connectivity index is 1.60. The molecule has 148 valence electrons. The normalized spacial score (nSPS) is 14.1. The number of hydrogen-bond donors (Lipinski definition) is 1. The fraction of sp³-hybridized carbons (Fsp3) is 0.400. The summed E-state index contributed by atoms with van der Waals surface area (Å²) in [4.78, 5) is 36.3. The predicted molar refractivity (Wildman–Crippen MR) is 104 cm³/mol. The molecule has 0 radical (unpaired) electrons. The van der Waals surface area contributed by atoms with Crippen LogP contribution in [0.1, 0.15) is 28.8 Å². The summed E-state index contributed by atoms with van der Waals surface area (Å²) in [6, 6.07) is 8.02. The molecule has 0 spiro atoms. The van der Waals surface area contributed by atoms with Gasteiger partial charge in [0.2, 0.25) is 5.91 Å². The van der Waals surface area contributed by atoms with Crippen molar-refractivity contribution in [2.75, 3.05) is 38.0 Å². The Morgan fingerprint density at radius 3 is 2.36 bits per heavy atom. The van der Waals surface area contributed by atoms with Crippen molar-refractivity contribution in [2.45, 2.75) is 20.3 Å². The van der Waals surface area contributed by atoms with Gasteiger partial charge in [-0.3, -0.25) is 9.59 Å². The van der Waals surface area contributed by atoms with Crippen LogP contribution in [0.4, 0.5) is 10.2 Å². The minimum atomic E-state index is -0.254. The third-order valence-corrected chi connectivity index (χ3v) is 4.70. The first-order valence-corrected chi connectivity index (χ1v) is 9.31. The maximum absolute atomic E-state index is 13.0. The minimum Gasteiger partial charge on any atom is -0.370 e. The fourth-order valence-electron chi connectivity index (χ4n) is 3.14. The number of aromatic nitrogens is 2. The van der Waals surface area contributed by atoms with E-state index in [9.17, 15) is 14.0 Å². The zero-order valence-corrected chi connectivity index (χ0v) is 16.1. The van der Waals surface area contributed by atoms with E-state index in [-0.39, 0.29) is 17.6 Å². The Kier molecular flexibility index (Phi) is 6.18. The van der Waals surface area contributed by atoms with Crippen molar-refractivity contribution in [1.29, 1.82) is 0 Å². The number of benzene rings is 1. The molecule has 3 rings (SSSR count). The van der Waals surface area contributed by atoms with Crippen LogP contribution in [-0.4, -0.2) is 64.3 Å². The molecule has 0 aliphatic carbocycles. The molecule has 1 aliphatic rings. The van der Waals surface area contributed by atoms with Crippen LogP contribution in [0.5, 0.6) is 0 Å². The van der Waals surface area contributed by atoms with E-state index in [1.807, 2.05) is 0 Å². The van der Waals surface area contributed by atoms with Crippen LogP contribution in [0.3, 0.4) is 0 Å². The molecule has 7 nitrogen and oxygen atoms in total. The molecule has 8 heteroatoms. The largest absolute Gasteiger partial charge is 0.370 e. The first-order chi connectivity index (χ1) is 13.4. The summed E-state index contributed by atoms with van der Waals surface area (Å²) in [7, 11) is 0. The smallest absolute Gasteiger partial charge is 0.272 e. The van der Waals surface area contributed by atoms with Gasteiger partial charge in [-0.25, -0.2) is 14.4 Å². The number of amides is 2. The van der Waals surface area contributed by atoms with Gasteiger partial charge in [-0.1, -0.05) is 12.1 Å². The molecule has 2 heterocycles. The molecular formula is C20H24FN5O2. The molecule has 2 aromatic rings. The van der Waals surface area contributed by atoms with E-state index >= 15 is 0 Å². The highest BCUT2D eigenvalue weighted by atomic mass is 19.1. The number of halogens is 1. The van der Waals surface area contributed by atoms with Crippen LogP contribution >= 0.6 is 0 Å². The number of piperazine rings is 1. The third-order valence-electron chi connectivity index (χ3n) is 4.70. The van der Waals surface area contributed by atoms with E-state index in [0.717, 1.165) is 5.56 Å². The Bertz CT molecular complexity index is 848. The van der Waals surface area contributed by atoms with Crippen molar-refractivity contribution in [1.82, 2.24) is 19.8 Å². The average molecular weight is 385 g/mol. The summed E-state index contributed by atoms with van der Waals surface area (Å²) in [5.74, 6) is 0.709. The van der Waals surface area contributed by atoms with Crippen molar-refractivity contribution < 1.29 is 14.0 Å². The van der Waals surface area contributed by atoms with E-state index in [1.165, 1.54) is 19.1 Å². The molecule has 1 N–H and O–H groups in total. The number of nitrogens with zero attached hydrogens (tertiary/aromatic N) is 4. The Morgan fingerprint density at radius 1 is 1.07 bits per heavy atom. The summed E-state index contributed by atoms with van der Waals surface area (Å²) in [5, 5.41) is 3.20. The molecule has 0 saturated carbocycles. The minimum absolute atomic E-state index is 0.0256. The van der Waals surface area contributed by atoms with Crippen molar-refractivity contribution in [2.24, 2.45) is 0 Å². The first-order valence-electron chi connectivity index (χ1n) is 9.31. The van der Waals surface area contributed by atoms with Gasteiger partial charge in [0.15, 0.2) is 0 Å². The molecule has 0 atom stereocenters. The molecule has 1 saturated heterocycles. The monoisotopic (exact) mass is 385 g/mol. The second kappa shape index (κ2) is 8.77. The van der Waals surface area contributed by atoms with E-state index in [2.05, 4.69) is 15.3 Å². The van der Waals surface area contributed by atoms with Crippen molar-refractivity contribution in [3.8, 4) is 0 Å². The molecular weight excluding hydrogens is 361 g/mol. The number of nitrogens with one attached hydrogen (secondary N) is 1. The van der Waals surface area contributed by atoms with Crippen LogP contribution in [0.15, 0.2) is 30.3 Å². The standard InChI is InChI=1S/C20H24FN5O2/c1-14-23-18(20(28)26-11-9-25(10-12-26)15(2)27)13-19(24-14)22-8-7-16-3-5-17(21)6-4-16/h3-6,13H,7-12H2,1-2H3,(H,22,23,24). The lowest BCUT2D eigenvalue weighted by Gasteiger charge is -2.34. The van der Waals surface area contributed by atoms with Gasteiger partial charge in [-0.15, -0.1) is 0 Å². The third kappa shape index (κ3) is 5.03. The number of aryl methyl sites for hydroxylation is 1. The van der Waals surface area contributed by atoms with Gasteiger partial charge >= 0.3 is 0 Å². The molecule has 1 aliphatic heterocycles. The maximum Gasteiger partial charge on any atom is 0.272 e. The van der Waals surface area contributed by atoms with E-state index < -0.39 is 0 Å². The van der Waals surface area contributed by atoms with E-state index in [1.54, 1.807) is 34.9 Å². The van der Waals surface area contributed by atoms with Gasteiger partial charge < -0.3 is 15.1 Å². The van der Waals surface area contributed by atoms with Crippen molar-refractivity contribution in [3.63, 3.8) is 0 Å². The molecule has 28 heavy (non-hydrogen) atoms. The number of anilines is 1. The average Bonchev–Trinajstić information content (AvgIpc) is 2.68. The molecule has 2 amide bonds. The van der Waals surface area contributed by atoms with Gasteiger partial charge in [0.25, 0.3) is 5.91 Å². The predicted octanol–water partition coefficient (Wildman–Crippen LogP) is 1.88. The highest BCUT2D eigenvalue weighted by Crippen LogP contribution is 2.12. The quantitative estimate of drug-likeness (QED) is 0.850. The Labute approximate surface area is 163 Å². The number of carbonyl (C=O) groups excluding carboxylic acids is 2. The van der Waals surface area contributed by atoms with E-state index in [4.69, 9.17) is 0 Å².